The van der Waals surface area contributed by atoms with Crippen molar-refractivity contribution >= 4 is 46.8 Å². The van der Waals surface area contributed by atoms with Crippen molar-refractivity contribution in [3.05, 3.63) is 33.8 Å². The van der Waals surface area contributed by atoms with Gasteiger partial charge in [-0.2, -0.15) is 0 Å². The number of benzene rings is 1. The molecule has 1 aliphatic rings. The van der Waals surface area contributed by atoms with Crippen molar-refractivity contribution in [3.63, 3.8) is 0 Å². The van der Waals surface area contributed by atoms with Crippen LogP contribution in [0.5, 0.6) is 0 Å². The van der Waals surface area contributed by atoms with Gasteiger partial charge in [0, 0.05) is 5.75 Å². The molecule has 0 saturated carbocycles. The van der Waals surface area contributed by atoms with E-state index < -0.39 is 17.9 Å². The van der Waals surface area contributed by atoms with E-state index in [9.17, 15) is 14.7 Å². The molecule has 1 aliphatic heterocycles. The molecule has 1 amide bonds. The Kier molecular flexibility index (Phi) is 5.07. The number of carboxylic acids is 1. The van der Waals surface area contributed by atoms with Crippen LogP contribution in [0, 0.1) is 5.92 Å². The lowest BCUT2D eigenvalue weighted by molar-refractivity contribution is -0.141. The summed E-state index contributed by atoms with van der Waals surface area (Å²) in [5.74, 6) is -0.945. The van der Waals surface area contributed by atoms with E-state index in [1.54, 1.807) is 18.2 Å². The molecule has 2 rings (SSSR count). The molecule has 7 heteroatoms. The molecule has 0 spiro atoms. The number of rotatable bonds is 3. The minimum atomic E-state index is -1.01. The van der Waals surface area contributed by atoms with Gasteiger partial charge in [0.2, 0.25) is 0 Å². The van der Waals surface area contributed by atoms with E-state index in [2.05, 4.69) is 0 Å². The molecule has 4 nitrogen and oxygen atoms in total. The standard InChI is InChI=1S/C14H15Cl2NO3S/c1-7(2)13-17(10(6-21-13)14(19)20)12(18)11-8(15)4-3-5-9(11)16/h3-5,7,10,13H,6H2,1-2H3,(H,19,20). The summed E-state index contributed by atoms with van der Waals surface area (Å²) in [7, 11) is 0. The van der Waals surface area contributed by atoms with Crippen LogP contribution in [-0.2, 0) is 4.79 Å². The Balaban J connectivity index is 2.44. The number of halogens is 2. The third-order valence-corrected chi connectivity index (χ3v) is 5.55. The van der Waals surface area contributed by atoms with Crippen LogP contribution < -0.4 is 0 Å². The maximum atomic E-state index is 12.8. The zero-order chi connectivity index (χ0) is 15.7. The number of thioether (sulfide) groups is 1. The van der Waals surface area contributed by atoms with Gasteiger partial charge in [-0.05, 0) is 18.1 Å². The molecule has 0 radical (unpaired) electrons. The van der Waals surface area contributed by atoms with Gasteiger partial charge >= 0.3 is 5.97 Å². The Morgan fingerprint density at radius 3 is 2.38 bits per heavy atom. The van der Waals surface area contributed by atoms with Crippen molar-refractivity contribution in [2.75, 3.05) is 5.75 Å². The van der Waals surface area contributed by atoms with Gasteiger partial charge in [-0.25, -0.2) is 4.79 Å². The smallest absolute Gasteiger partial charge is 0.327 e. The first-order valence-corrected chi connectivity index (χ1v) is 8.26. The van der Waals surface area contributed by atoms with Gasteiger partial charge < -0.3 is 10.0 Å². The fourth-order valence-electron chi connectivity index (χ4n) is 2.32. The second-order valence-electron chi connectivity index (χ2n) is 5.13. The number of carbonyl (C=O) groups is 2. The summed E-state index contributed by atoms with van der Waals surface area (Å²) < 4.78 is 0. The topological polar surface area (TPSA) is 57.6 Å². The Morgan fingerprint density at radius 1 is 1.33 bits per heavy atom. The molecule has 0 aromatic heterocycles. The van der Waals surface area contributed by atoms with Crippen molar-refractivity contribution in [2.45, 2.75) is 25.3 Å². The number of carbonyl (C=O) groups excluding carboxylic acids is 1. The third kappa shape index (κ3) is 3.15. The Bertz CT molecular complexity index is 559. The highest BCUT2D eigenvalue weighted by atomic mass is 35.5. The number of hydrogen-bond donors (Lipinski definition) is 1. The summed E-state index contributed by atoms with van der Waals surface area (Å²) in [6.07, 6.45) is 0. The van der Waals surface area contributed by atoms with Gasteiger partial charge in [0.15, 0.2) is 0 Å². The van der Waals surface area contributed by atoms with Crippen molar-refractivity contribution in [1.82, 2.24) is 4.90 Å². The summed E-state index contributed by atoms with van der Waals surface area (Å²) in [6.45, 7) is 3.91. The SMILES string of the molecule is CC(C)C1SCC(C(=O)O)N1C(=O)c1c(Cl)cccc1Cl. The zero-order valence-corrected chi connectivity index (χ0v) is 13.9. The highest BCUT2D eigenvalue weighted by molar-refractivity contribution is 8.00. The predicted octanol–water partition coefficient (Wildman–Crippen LogP) is 3.62. The second-order valence-corrected chi connectivity index (χ2v) is 7.10. The summed E-state index contributed by atoms with van der Waals surface area (Å²) in [5, 5.41) is 9.61. The first kappa shape index (κ1) is 16.5. The van der Waals surface area contributed by atoms with Crippen molar-refractivity contribution in [3.8, 4) is 0 Å². The van der Waals surface area contributed by atoms with E-state index >= 15 is 0 Å². The average molecular weight is 348 g/mol. The number of amides is 1. The Morgan fingerprint density at radius 2 is 1.90 bits per heavy atom. The molecular weight excluding hydrogens is 333 g/mol. The van der Waals surface area contributed by atoms with Gasteiger partial charge in [0.05, 0.1) is 21.0 Å². The van der Waals surface area contributed by atoms with E-state index in [4.69, 9.17) is 23.2 Å². The highest BCUT2D eigenvalue weighted by Gasteiger charge is 2.43. The van der Waals surface area contributed by atoms with E-state index in [0.29, 0.717) is 5.75 Å². The van der Waals surface area contributed by atoms with Gasteiger partial charge in [-0.15, -0.1) is 11.8 Å². The zero-order valence-electron chi connectivity index (χ0n) is 11.5. The molecule has 1 fully saturated rings. The van der Waals surface area contributed by atoms with Crippen molar-refractivity contribution in [1.29, 1.82) is 0 Å². The average Bonchev–Trinajstić information content (AvgIpc) is 2.83. The maximum Gasteiger partial charge on any atom is 0.327 e. The highest BCUT2D eigenvalue weighted by Crippen LogP contribution is 2.37. The first-order valence-electron chi connectivity index (χ1n) is 6.45. The second kappa shape index (κ2) is 6.46. The Hall–Kier alpha value is -0.910. The van der Waals surface area contributed by atoms with Crippen LogP contribution >= 0.6 is 35.0 Å². The fourth-order valence-corrected chi connectivity index (χ4v) is 4.35. The Labute approximate surface area is 137 Å². The largest absolute Gasteiger partial charge is 0.480 e. The van der Waals surface area contributed by atoms with E-state index in [0.717, 1.165) is 0 Å². The molecule has 1 N–H and O–H groups in total. The first-order chi connectivity index (χ1) is 9.84. The maximum absolute atomic E-state index is 12.8. The van der Waals surface area contributed by atoms with Crippen LogP contribution in [0.3, 0.4) is 0 Å². The molecular formula is C14H15Cl2NO3S. The molecule has 0 bridgehead atoms. The fraction of sp³-hybridized carbons (Fsp3) is 0.429. The summed E-state index contributed by atoms with van der Waals surface area (Å²) in [5.41, 5.74) is 0.167. The van der Waals surface area contributed by atoms with Gasteiger partial charge in [-0.3, -0.25) is 4.79 Å². The van der Waals surface area contributed by atoms with Crippen molar-refractivity contribution in [2.24, 2.45) is 5.92 Å². The minimum Gasteiger partial charge on any atom is -0.480 e. The van der Waals surface area contributed by atoms with Gasteiger partial charge in [0.25, 0.3) is 5.91 Å². The van der Waals surface area contributed by atoms with E-state index in [1.165, 1.54) is 16.7 Å². The number of aliphatic carboxylic acids is 1. The number of nitrogens with zero attached hydrogens (tertiary/aromatic N) is 1. The molecule has 1 aromatic rings. The van der Waals surface area contributed by atoms with Crippen LogP contribution in [0.1, 0.15) is 24.2 Å². The molecule has 1 heterocycles. The number of hydrogen-bond acceptors (Lipinski definition) is 3. The predicted molar refractivity (Wildman–Crippen MR) is 85.1 cm³/mol. The van der Waals surface area contributed by atoms with E-state index in [-0.39, 0.29) is 26.9 Å². The van der Waals surface area contributed by atoms with Crippen LogP contribution in [0.25, 0.3) is 0 Å². The number of carboxylic acid groups (broad SMARTS) is 1. The van der Waals surface area contributed by atoms with Crippen LogP contribution in [0.4, 0.5) is 0 Å². The molecule has 2 unspecified atom stereocenters. The van der Waals surface area contributed by atoms with Crippen LogP contribution in [0.15, 0.2) is 18.2 Å². The third-order valence-electron chi connectivity index (χ3n) is 3.30. The van der Waals surface area contributed by atoms with Crippen LogP contribution in [0.2, 0.25) is 10.0 Å². The summed E-state index contributed by atoms with van der Waals surface area (Å²) >= 11 is 13.6. The normalized spacial score (nSPS) is 21.9. The van der Waals surface area contributed by atoms with Gasteiger partial charge in [0.1, 0.15) is 6.04 Å². The molecule has 21 heavy (non-hydrogen) atoms. The quantitative estimate of drug-likeness (QED) is 0.907. The molecule has 114 valence electrons. The lowest BCUT2D eigenvalue weighted by Gasteiger charge is -2.30. The summed E-state index contributed by atoms with van der Waals surface area (Å²) in [6, 6.07) is 3.94. The van der Waals surface area contributed by atoms with Crippen LogP contribution in [-0.4, -0.2) is 39.1 Å². The molecule has 1 saturated heterocycles. The van der Waals surface area contributed by atoms with Gasteiger partial charge in [-0.1, -0.05) is 43.1 Å². The lowest BCUT2D eigenvalue weighted by Crippen LogP contribution is -2.47. The lowest BCUT2D eigenvalue weighted by atomic mass is 10.1. The van der Waals surface area contributed by atoms with E-state index in [1.807, 2.05) is 13.8 Å². The summed E-state index contributed by atoms with van der Waals surface area (Å²) in [4.78, 5) is 25.6. The molecule has 0 aliphatic carbocycles. The minimum absolute atomic E-state index is 0.129. The molecule has 2 atom stereocenters. The van der Waals surface area contributed by atoms with Crippen molar-refractivity contribution < 1.29 is 14.7 Å². The monoisotopic (exact) mass is 347 g/mol. The molecule has 1 aromatic carbocycles.